The van der Waals surface area contributed by atoms with Gasteiger partial charge >= 0.3 is 0 Å². The van der Waals surface area contributed by atoms with Gasteiger partial charge in [0.25, 0.3) is 11.8 Å². The first-order chi connectivity index (χ1) is 15.3. The van der Waals surface area contributed by atoms with Crippen LogP contribution < -0.4 is 10.2 Å². The van der Waals surface area contributed by atoms with Gasteiger partial charge in [-0.1, -0.05) is 0 Å². The number of rotatable bonds is 3. The highest BCUT2D eigenvalue weighted by molar-refractivity contribution is 6.37. The average Bonchev–Trinajstić information content (AvgIpc) is 3.23. The van der Waals surface area contributed by atoms with Gasteiger partial charge < -0.3 is 5.32 Å². The van der Waals surface area contributed by atoms with Crippen LogP contribution in [0.25, 0.3) is 16.7 Å². The van der Waals surface area contributed by atoms with Gasteiger partial charge in [-0.25, -0.2) is 19.0 Å². The summed E-state index contributed by atoms with van der Waals surface area (Å²) in [5.74, 6) is -1.57. The molecular formula is C23H16FN5O3. The highest BCUT2D eigenvalue weighted by atomic mass is 19.1. The molecule has 2 aromatic carbocycles. The summed E-state index contributed by atoms with van der Waals surface area (Å²) >= 11 is 0. The number of hydrogen-bond acceptors (Lipinski definition) is 5. The number of benzene rings is 2. The number of aryl methyl sites for hydroxylation is 1. The lowest BCUT2D eigenvalue weighted by molar-refractivity contribution is -0.114. The van der Waals surface area contributed by atoms with E-state index in [0.29, 0.717) is 33.8 Å². The minimum absolute atomic E-state index is 0.190. The third-order valence-corrected chi connectivity index (χ3v) is 5.24. The molecule has 0 bridgehead atoms. The number of hydrogen-bond donors (Lipinski definition) is 1. The summed E-state index contributed by atoms with van der Waals surface area (Å²) in [6.07, 6.45) is 1.37. The van der Waals surface area contributed by atoms with Crippen molar-refractivity contribution in [2.75, 3.05) is 10.2 Å². The fraction of sp³-hybridized carbons (Fsp3) is 0.0870. The maximum Gasteiger partial charge on any atom is 0.267 e. The van der Waals surface area contributed by atoms with Crippen LogP contribution in [-0.4, -0.2) is 32.5 Å². The molecule has 1 aliphatic heterocycles. The number of nitrogens with zero attached hydrogens (tertiary/aromatic N) is 4. The Morgan fingerprint density at radius 1 is 0.969 bits per heavy atom. The van der Waals surface area contributed by atoms with E-state index in [9.17, 15) is 18.8 Å². The quantitative estimate of drug-likeness (QED) is 0.502. The van der Waals surface area contributed by atoms with Crippen molar-refractivity contribution in [3.8, 4) is 5.69 Å². The van der Waals surface area contributed by atoms with Crippen LogP contribution in [0.2, 0.25) is 0 Å². The number of fused-ring (bicyclic) bond motifs is 3. The minimum atomic E-state index is -0.486. The van der Waals surface area contributed by atoms with Crippen molar-refractivity contribution >= 4 is 40.1 Å². The molecule has 0 saturated carbocycles. The summed E-state index contributed by atoms with van der Waals surface area (Å²) in [6.45, 7) is 3.12. The zero-order valence-corrected chi connectivity index (χ0v) is 17.1. The molecule has 3 amide bonds. The van der Waals surface area contributed by atoms with Crippen molar-refractivity contribution in [3.63, 3.8) is 0 Å². The summed E-state index contributed by atoms with van der Waals surface area (Å²) in [4.78, 5) is 43.1. The van der Waals surface area contributed by atoms with Gasteiger partial charge in [-0.3, -0.25) is 14.4 Å². The number of amides is 3. The minimum Gasteiger partial charge on any atom is -0.326 e. The van der Waals surface area contributed by atoms with Crippen molar-refractivity contribution in [3.05, 3.63) is 77.4 Å². The molecule has 3 heterocycles. The molecule has 158 valence electrons. The average molecular weight is 429 g/mol. The first-order valence-electron chi connectivity index (χ1n) is 9.76. The van der Waals surface area contributed by atoms with E-state index in [4.69, 9.17) is 0 Å². The second-order valence-corrected chi connectivity index (χ2v) is 7.39. The van der Waals surface area contributed by atoms with E-state index in [2.05, 4.69) is 15.4 Å². The lowest BCUT2D eigenvalue weighted by Gasteiger charge is -2.14. The van der Waals surface area contributed by atoms with E-state index < -0.39 is 11.8 Å². The second kappa shape index (κ2) is 7.09. The fourth-order valence-corrected chi connectivity index (χ4v) is 3.85. The monoisotopic (exact) mass is 429 g/mol. The van der Waals surface area contributed by atoms with Crippen molar-refractivity contribution < 1.29 is 18.8 Å². The fourth-order valence-electron chi connectivity index (χ4n) is 3.85. The molecule has 4 aromatic rings. The molecule has 0 aliphatic carbocycles. The van der Waals surface area contributed by atoms with E-state index in [0.717, 1.165) is 4.90 Å². The molecule has 8 nitrogen and oxygen atoms in total. The molecule has 1 N–H and O–H groups in total. The number of pyridine rings is 1. The number of carbonyl (C=O) groups is 3. The van der Waals surface area contributed by atoms with Crippen molar-refractivity contribution in [1.29, 1.82) is 0 Å². The summed E-state index contributed by atoms with van der Waals surface area (Å²) < 4.78 is 14.9. The number of anilines is 2. The number of aromatic nitrogens is 3. The number of imide groups is 1. The standard InChI is InChI=1S/C23H16FN5O3/c1-12-19-20-18(11-25-21(19)29(27-12)17-7-3-14(24)4-8-17)22(31)28(23(20)32)16-9-5-15(6-10-16)26-13(2)30/h3-11H,1-2H3,(H,26,30). The van der Waals surface area contributed by atoms with Gasteiger partial charge in [0.1, 0.15) is 5.82 Å². The third-order valence-electron chi connectivity index (χ3n) is 5.24. The summed E-state index contributed by atoms with van der Waals surface area (Å²) in [5.41, 5.74) is 2.86. The topological polar surface area (TPSA) is 97.2 Å². The molecule has 1 aliphatic rings. The van der Waals surface area contributed by atoms with E-state index in [-0.39, 0.29) is 22.9 Å². The lowest BCUT2D eigenvalue weighted by atomic mass is 10.1. The van der Waals surface area contributed by atoms with Gasteiger partial charge in [-0.15, -0.1) is 0 Å². The maximum absolute atomic E-state index is 13.3. The van der Waals surface area contributed by atoms with Gasteiger partial charge in [0, 0.05) is 18.8 Å². The van der Waals surface area contributed by atoms with E-state index in [1.165, 1.54) is 29.9 Å². The lowest BCUT2D eigenvalue weighted by Crippen LogP contribution is -2.29. The van der Waals surface area contributed by atoms with Gasteiger partial charge in [-0.05, 0) is 55.5 Å². The normalized spacial score (nSPS) is 13.0. The number of nitrogens with one attached hydrogen (secondary N) is 1. The molecule has 0 atom stereocenters. The first kappa shape index (κ1) is 19.6. The van der Waals surface area contributed by atoms with Crippen LogP contribution in [0.4, 0.5) is 15.8 Å². The van der Waals surface area contributed by atoms with Gasteiger partial charge in [0.15, 0.2) is 5.65 Å². The largest absolute Gasteiger partial charge is 0.326 e. The predicted molar refractivity (Wildman–Crippen MR) is 115 cm³/mol. The van der Waals surface area contributed by atoms with E-state index >= 15 is 0 Å². The molecule has 0 unspecified atom stereocenters. The second-order valence-electron chi connectivity index (χ2n) is 7.39. The van der Waals surface area contributed by atoms with Gasteiger partial charge in [-0.2, -0.15) is 5.10 Å². The van der Waals surface area contributed by atoms with Crippen LogP contribution in [0.1, 0.15) is 33.3 Å². The van der Waals surface area contributed by atoms with Crippen LogP contribution in [-0.2, 0) is 4.79 Å². The van der Waals surface area contributed by atoms with E-state index in [1.807, 2.05) is 0 Å². The molecule has 0 saturated heterocycles. The summed E-state index contributed by atoms with van der Waals surface area (Å²) in [7, 11) is 0. The molecule has 0 radical (unpaired) electrons. The van der Waals surface area contributed by atoms with Gasteiger partial charge in [0.2, 0.25) is 5.91 Å². The third kappa shape index (κ3) is 2.94. The van der Waals surface area contributed by atoms with Crippen LogP contribution in [0.5, 0.6) is 0 Å². The highest BCUT2D eigenvalue weighted by Crippen LogP contribution is 2.34. The number of carbonyl (C=O) groups excluding carboxylic acids is 3. The number of halogens is 1. The molecule has 32 heavy (non-hydrogen) atoms. The van der Waals surface area contributed by atoms with Gasteiger partial charge in [0.05, 0.1) is 33.6 Å². The zero-order valence-electron chi connectivity index (χ0n) is 17.1. The Labute approximate surface area is 181 Å². The van der Waals surface area contributed by atoms with Crippen molar-refractivity contribution in [2.45, 2.75) is 13.8 Å². The molecule has 2 aromatic heterocycles. The van der Waals surface area contributed by atoms with Crippen LogP contribution in [0, 0.1) is 12.7 Å². The Bertz CT molecular complexity index is 1430. The Kier molecular flexibility index (Phi) is 4.33. The Hall–Kier alpha value is -4.40. The highest BCUT2D eigenvalue weighted by Gasteiger charge is 2.40. The van der Waals surface area contributed by atoms with Crippen LogP contribution >= 0.6 is 0 Å². The summed E-state index contributed by atoms with van der Waals surface area (Å²) in [5, 5.41) is 7.59. The molecule has 5 rings (SSSR count). The van der Waals surface area contributed by atoms with Crippen LogP contribution in [0.15, 0.2) is 54.7 Å². The van der Waals surface area contributed by atoms with Crippen molar-refractivity contribution in [1.82, 2.24) is 14.8 Å². The molecular weight excluding hydrogens is 413 g/mol. The predicted octanol–water partition coefficient (Wildman–Crippen LogP) is 3.63. The summed E-state index contributed by atoms with van der Waals surface area (Å²) in [6, 6.07) is 12.2. The Balaban J connectivity index is 1.60. The van der Waals surface area contributed by atoms with E-state index in [1.54, 1.807) is 43.3 Å². The Morgan fingerprint density at radius 3 is 2.28 bits per heavy atom. The molecule has 0 spiro atoms. The van der Waals surface area contributed by atoms with Crippen LogP contribution in [0.3, 0.4) is 0 Å². The SMILES string of the molecule is CC(=O)Nc1ccc(N2C(=O)c3cnc4c(c(C)nn4-c4ccc(F)cc4)c3C2=O)cc1. The molecule has 9 heteroatoms. The maximum atomic E-state index is 13.3. The Morgan fingerprint density at radius 2 is 1.62 bits per heavy atom. The first-order valence-corrected chi connectivity index (χ1v) is 9.76. The smallest absolute Gasteiger partial charge is 0.267 e. The van der Waals surface area contributed by atoms with Crippen molar-refractivity contribution in [2.24, 2.45) is 0 Å². The zero-order chi connectivity index (χ0) is 22.6. The molecule has 0 fully saturated rings.